The third-order valence-electron chi connectivity index (χ3n) is 6.11. The number of nitrogens with zero attached hydrogens (tertiary/aromatic N) is 3. The van der Waals surface area contributed by atoms with Crippen LogP contribution in [-0.2, 0) is 13.2 Å². The van der Waals surface area contributed by atoms with Gasteiger partial charge < -0.3 is 19.4 Å². The minimum Gasteiger partial charge on any atom is -0.487 e. The standard InChI is InChI=1S/C27H28N4O2/c1-20-7-6-16-31-18-23(29-26(20)31)19-33-24-12-10-21(11-13-24)27(32)28-17-22-8-2-3-9-25(22)30-14-4-5-15-30/h2-3,6-13,16,18H,4-5,14-15,17,19H2,1H3,(H,28,32). The highest BCUT2D eigenvalue weighted by Gasteiger charge is 2.16. The van der Waals surface area contributed by atoms with E-state index in [4.69, 9.17) is 4.74 Å². The van der Waals surface area contributed by atoms with Crippen molar-refractivity contribution in [1.82, 2.24) is 14.7 Å². The summed E-state index contributed by atoms with van der Waals surface area (Å²) < 4.78 is 7.89. The van der Waals surface area contributed by atoms with E-state index in [0.29, 0.717) is 24.5 Å². The smallest absolute Gasteiger partial charge is 0.251 e. The summed E-state index contributed by atoms with van der Waals surface area (Å²) in [7, 11) is 0. The molecule has 0 bridgehead atoms. The molecule has 1 saturated heterocycles. The number of carbonyl (C=O) groups excluding carboxylic acids is 1. The number of pyridine rings is 1. The van der Waals surface area contributed by atoms with E-state index >= 15 is 0 Å². The van der Waals surface area contributed by atoms with Gasteiger partial charge in [0.1, 0.15) is 18.0 Å². The molecule has 0 aliphatic carbocycles. The maximum Gasteiger partial charge on any atom is 0.251 e. The molecule has 2 aromatic carbocycles. The lowest BCUT2D eigenvalue weighted by molar-refractivity contribution is 0.0951. The summed E-state index contributed by atoms with van der Waals surface area (Å²) in [4.78, 5) is 19.7. The summed E-state index contributed by atoms with van der Waals surface area (Å²) in [5.41, 5.74) is 5.92. The van der Waals surface area contributed by atoms with E-state index in [-0.39, 0.29) is 5.91 Å². The summed E-state index contributed by atoms with van der Waals surface area (Å²) in [5.74, 6) is 0.619. The molecule has 0 radical (unpaired) electrons. The van der Waals surface area contributed by atoms with E-state index in [9.17, 15) is 4.79 Å². The zero-order valence-electron chi connectivity index (χ0n) is 18.8. The Kier molecular flexibility index (Phi) is 5.98. The molecular weight excluding hydrogens is 412 g/mol. The molecule has 1 amide bonds. The SMILES string of the molecule is Cc1cccn2cc(COc3ccc(C(=O)NCc4ccccc4N4CCCC4)cc3)nc12. The Bertz CT molecular complexity index is 1260. The normalized spacial score (nSPS) is 13.4. The molecule has 1 N–H and O–H groups in total. The van der Waals surface area contributed by atoms with Gasteiger partial charge in [-0.25, -0.2) is 4.98 Å². The van der Waals surface area contributed by atoms with Gasteiger partial charge in [0.2, 0.25) is 0 Å². The van der Waals surface area contributed by atoms with Crippen molar-refractivity contribution in [3.8, 4) is 5.75 Å². The van der Waals surface area contributed by atoms with Gasteiger partial charge in [-0.05, 0) is 67.3 Å². The number of anilines is 1. The van der Waals surface area contributed by atoms with Gasteiger partial charge in [-0.1, -0.05) is 24.3 Å². The molecule has 6 heteroatoms. The van der Waals surface area contributed by atoms with Crippen LogP contribution in [0.2, 0.25) is 0 Å². The minimum absolute atomic E-state index is 0.0893. The fourth-order valence-corrected chi connectivity index (χ4v) is 4.34. The molecule has 1 fully saturated rings. The number of ether oxygens (including phenoxy) is 1. The molecule has 4 aromatic rings. The Morgan fingerprint density at radius 1 is 1.03 bits per heavy atom. The third kappa shape index (κ3) is 4.70. The van der Waals surface area contributed by atoms with Crippen LogP contribution in [0.5, 0.6) is 5.75 Å². The van der Waals surface area contributed by atoms with Gasteiger partial charge in [0.25, 0.3) is 5.91 Å². The fraction of sp³-hybridized carbons (Fsp3) is 0.259. The van der Waals surface area contributed by atoms with Gasteiger partial charge in [0, 0.05) is 43.3 Å². The van der Waals surface area contributed by atoms with Crippen LogP contribution in [0, 0.1) is 6.92 Å². The minimum atomic E-state index is -0.0893. The zero-order chi connectivity index (χ0) is 22.6. The van der Waals surface area contributed by atoms with Crippen LogP contribution in [0.25, 0.3) is 5.65 Å². The van der Waals surface area contributed by atoms with Crippen molar-refractivity contribution in [1.29, 1.82) is 0 Å². The first-order chi connectivity index (χ1) is 16.2. The number of hydrogen-bond acceptors (Lipinski definition) is 4. The lowest BCUT2D eigenvalue weighted by Gasteiger charge is -2.21. The van der Waals surface area contributed by atoms with E-state index < -0.39 is 0 Å². The maximum atomic E-state index is 12.7. The Balaban J connectivity index is 1.18. The van der Waals surface area contributed by atoms with Crippen LogP contribution in [-0.4, -0.2) is 28.4 Å². The van der Waals surface area contributed by atoms with Crippen molar-refractivity contribution in [2.24, 2.45) is 0 Å². The Morgan fingerprint density at radius 3 is 2.61 bits per heavy atom. The molecule has 0 atom stereocenters. The van der Waals surface area contributed by atoms with Gasteiger partial charge in [0.15, 0.2) is 0 Å². The van der Waals surface area contributed by atoms with Crippen LogP contribution >= 0.6 is 0 Å². The quantitative estimate of drug-likeness (QED) is 0.451. The first kappa shape index (κ1) is 21.1. The van der Waals surface area contributed by atoms with Crippen molar-refractivity contribution >= 4 is 17.2 Å². The summed E-state index contributed by atoms with van der Waals surface area (Å²) in [6, 6.07) is 19.6. The van der Waals surface area contributed by atoms with E-state index in [1.807, 2.05) is 54.0 Å². The van der Waals surface area contributed by atoms with Gasteiger partial charge >= 0.3 is 0 Å². The number of fused-ring (bicyclic) bond motifs is 1. The summed E-state index contributed by atoms with van der Waals surface area (Å²) in [6.07, 6.45) is 6.41. The van der Waals surface area contributed by atoms with Gasteiger partial charge in [-0.15, -0.1) is 0 Å². The molecule has 1 aliphatic heterocycles. The van der Waals surface area contributed by atoms with Crippen molar-refractivity contribution in [2.45, 2.75) is 32.9 Å². The molecule has 0 saturated carbocycles. The predicted molar refractivity (Wildman–Crippen MR) is 130 cm³/mol. The van der Waals surface area contributed by atoms with Crippen molar-refractivity contribution in [3.63, 3.8) is 0 Å². The van der Waals surface area contributed by atoms with Gasteiger partial charge in [-0.3, -0.25) is 4.79 Å². The van der Waals surface area contributed by atoms with Crippen molar-refractivity contribution < 1.29 is 9.53 Å². The summed E-state index contributed by atoms with van der Waals surface area (Å²) >= 11 is 0. The second-order valence-electron chi connectivity index (χ2n) is 8.47. The number of imidazole rings is 1. The predicted octanol–water partition coefficient (Wildman–Crippen LogP) is 4.75. The molecule has 0 spiro atoms. The first-order valence-corrected chi connectivity index (χ1v) is 11.4. The van der Waals surface area contributed by atoms with Crippen LogP contribution in [0.4, 0.5) is 5.69 Å². The topological polar surface area (TPSA) is 58.9 Å². The molecule has 5 rings (SSSR count). The summed E-state index contributed by atoms with van der Waals surface area (Å²) in [6.45, 7) is 5.10. The highest BCUT2D eigenvalue weighted by Crippen LogP contribution is 2.24. The first-order valence-electron chi connectivity index (χ1n) is 11.4. The van der Waals surface area contributed by atoms with E-state index in [1.165, 1.54) is 18.5 Å². The van der Waals surface area contributed by atoms with Crippen LogP contribution in [0.1, 0.15) is 40.0 Å². The number of nitrogens with one attached hydrogen (secondary N) is 1. The molecule has 2 aromatic heterocycles. The highest BCUT2D eigenvalue weighted by atomic mass is 16.5. The number of aromatic nitrogens is 2. The van der Waals surface area contributed by atoms with Crippen molar-refractivity contribution in [2.75, 3.05) is 18.0 Å². The third-order valence-corrected chi connectivity index (χ3v) is 6.11. The average Bonchev–Trinajstić information content (AvgIpc) is 3.53. The number of amides is 1. The molecule has 3 heterocycles. The maximum absolute atomic E-state index is 12.7. The lowest BCUT2D eigenvalue weighted by Crippen LogP contribution is -2.25. The summed E-state index contributed by atoms with van der Waals surface area (Å²) in [5, 5.41) is 3.06. The second-order valence-corrected chi connectivity index (χ2v) is 8.47. The Hall–Kier alpha value is -3.80. The molecule has 6 nitrogen and oxygen atoms in total. The van der Waals surface area contributed by atoms with Crippen molar-refractivity contribution in [3.05, 3.63) is 95.4 Å². The number of aryl methyl sites for hydroxylation is 1. The van der Waals surface area contributed by atoms with Gasteiger partial charge in [0.05, 0.1) is 5.69 Å². The van der Waals surface area contributed by atoms with E-state index in [0.717, 1.165) is 35.6 Å². The number of hydrogen-bond donors (Lipinski definition) is 1. The lowest BCUT2D eigenvalue weighted by atomic mass is 10.1. The molecule has 0 unspecified atom stereocenters. The average molecular weight is 441 g/mol. The zero-order valence-corrected chi connectivity index (χ0v) is 18.8. The van der Waals surface area contributed by atoms with E-state index in [1.54, 1.807) is 12.1 Å². The number of benzene rings is 2. The Labute approximate surface area is 193 Å². The monoisotopic (exact) mass is 440 g/mol. The molecule has 1 aliphatic rings. The number of rotatable bonds is 7. The second kappa shape index (κ2) is 9.36. The molecular formula is C27H28N4O2. The van der Waals surface area contributed by atoms with Crippen LogP contribution in [0.3, 0.4) is 0 Å². The molecule has 168 valence electrons. The van der Waals surface area contributed by atoms with Gasteiger partial charge in [-0.2, -0.15) is 0 Å². The fourth-order valence-electron chi connectivity index (χ4n) is 4.34. The molecule has 33 heavy (non-hydrogen) atoms. The number of para-hydroxylation sites is 1. The largest absolute Gasteiger partial charge is 0.487 e. The van der Waals surface area contributed by atoms with E-state index in [2.05, 4.69) is 33.4 Å². The van der Waals surface area contributed by atoms with Crippen LogP contribution < -0.4 is 15.0 Å². The number of carbonyl (C=O) groups is 1. The van der Waals surface area contributed by atoms with Crippen LogP contribution in [0.15, 0.2) is 73.1 Å². The highest BCUT2D eigenvalue weighted by molar-refractivity contribution is 5.94. The Morgan fingerprint density at radius 2 is 1.82 bits per heavy atom.